The molecular weight excluding hydrogens is 298 g/mol. The lowest BCUT2D eigenvalue weighted by molar-refractivity contribution is -0.155. The predicted molar refractivity (Wildman–Crippen MR) is 81.4 cm³/mol. The number of esters is 1. The van der Waals surface area contributed by atoms with Crippen LogP contribution in [0.5, 0.6) is 0 Å². The Morgan fingerprint density at radius 3 is 2.48 bits per heavy atom. The van der Waals surface area contributed by atoms with Crippen molar-refractivity contribution in [3.05, 3.63) is 35.9 Å². The van der Waals surface area contributed by atoms with Gasteiger partial charge in [0.15, 0.2) is 0 Å². The number of amides is 1. The first-order valence-corrected chi connectivity index (χ1v) is 7.93. The zero-order valence-corrected chi connectivity index (χ0v) is 12.9. The molecule has 1 amide bonds. The van der Waals surface area contributed by atoms with E-state index >= 15 is 0 Å². The van der Waals surface area contributed by atoms with Crippen LogP contribution in [0.25, 0.3) is 0 Å². The second kappa shape index (κ2) is 6.29. The van der Waals surface area contributed by atoms with E-state index in [1.54, 1.807) is 31.2 Å². The van der Waals surface area contributed by atoms with Crippen LogP contribution < -0.4 is 5.32 Å². The van der Waals surface area contributed by atoms with Gasteiger partial charge in [-0.15, -0.1) is 0 Å². The summed E-state index contributed by atoms with van der Waals surface area (Å²) in [5.41, 5.74) is 0.493. The summed E-state index contributed by atoms with van der Waals surface area (Å²) in [6, 6.07) is 8.19. The molecule has 2 saturated carbocycles. The van der Waals surface area contributed by atoms with Crippen molar-refractivity contribution in [1.29, 1.82) is 0 Å². The van der Waals surface area contributed by atoms with Crippen molar-refractivity contribution in [3.8, 4) is 0 Å². The van der Waals surface area contributed by atoms with Gasteiger partial charge in [-0.05, 0) is 25.5 Å². The highest BCUT2D eigenvalue weighted by molar-refractivity contribution is 5.94. The molecule has 1 aromatic carbocycles. The number of hydrogen-bond donors (Lipinski definition) is 3. The molecule has 0 heterocycles. The Morgan fingerprint density at radius 2 is 1.83 bits per heavy atom. The third-order valence-electron chi connectivity index (χ3n) is 4.97. The fourth-order valence-corrected chi connectivity index (χ4v) is 3.93. The Balaban J connectivity index is 1.81. The molecule has 2 fully saturated rings. The van der Waals surface area contributed by atoms with Crippen LogP contribution in [0.4, 0.5) is 0 Å². The summed E-state index contributed by atoms with van der Waals surface area (Å²) < 4.78 is 5.10. The van der Waals surface area contributed by atoms with Gasteiger partial charge in [0.25, 0.3) is 5.91 Å². The average molecular weight is 319 g/mol. The normalized spacial score (nSPS) is 35.1. The molecular formula is C17H21NO5. The summed E-state index contributed by atoms with van der Waals surface area (Å²) in [6.45, 7) is 1.96. The monoisotopic (exact) mass is 319 g/mol. The fraction of sp³-hybridized carbons (Fsp3) is 0.529. The first-order valence-electron chi connectivity index (χ1n) is 7.93. The first kappa shape index (κ1) is 16.0. The van der Waals surface area contributed by atoms with Crippen LogP contribution >= 0.6 is 0 Å². The van der Waals surface area contributed by atoms with E-state index in [9.17, 15) is 19.8 Å². The van der Waals surface area contributed by atoms with Crippen LogP contribution in [0, 0.1) is 17.8 Å². The van der Waals surface area contributed by atoms with Crippen molar-refractivity contribution in [1.82, 2.24) is 5.32 Å². The Kier molecular flexibility index (Phi) is 4.37. The minimum absolute atomic E-state index is 0.241. The minimum atomic E-state index is -0.945. The first-order chi connectivity index (χ1) is 11.0. The molecule has 2 aliphatic rings. The summed E-state index contributed by atoms with van der Waals surface area (Å²) in [5.74, 6) is -2.05. The Labute approximate surface area is 134 Å². The van der Waals surface area contributed by atoms with Gasteiger partial charge >= 0.3 is 5.97 Å². The smallest absolute Gasteiger partial charge is 0.311 e. The van der Waals surface area contributed by atoms with E-state index in [2.05, 4.69) is 5.32 Å². The molecule has 3 N–H and O–H groups in total. The molecule has 0 aromatic heterocycles. The van der Waals surface area contributed by atoms with Gasteiger partial charge in [0.2, 0.25) is 0 Å². The lowest BCUT2D eigenvalue weighted by Gasteiger charge is -2.35. The van der Waals surface area contributed by atoms with Gasteiger partial charge in [0.1, 0.15) is 0 Å². The van der Waals surface area contributed by atoms with Gasteiger partial charge in [-0.1, -0.05) is 18.2 Å². The predicted octanol–water partition coefficient (Wildman–Crippen LogP) is 0.336. The summed E-state index contributed by atoms with van der Waals surface area (Å²) in [5, 5.41) is 23.0. The summed E-state index contributed by atoms with van der Waals surface area (Å²) >= 11 is 0. The number of fused-ring (bicyclic) bond motifs is 2. The zero-order valence-electron chi connectivity index (χ0n) is 12.9. The highest BCUT2D eigenvalue weighted by Gasteiger charge is 2.60. The second-order valence-corrected chi connectivity index (χ2v) is 6.19. The van der Waals surface area contributed by atoms with Crippen LogP contribution in [0.2, 0.25) is 0 Å². The molecule has 6 heteroatoms. The van der Waals surface area contributed by atoms with Crippen molar-refractivity contribution in [2.75, 3.05) is 6.61 Å². The molecule has 124 valence electrons. The third kappa shape index (κ3) is 2.72. The summed E-state index contributed by atoms with van der Waals surface area (Å²) in [4.78, 5) is 24.6. The lowest BCUT2D eigenvalue weighted by Crippen LogP contribution is -2.55. The largest absolute Gasteiger partial charge is 0.466 e. The molecule has 2 aliphatic carbocycles. The lowest BCUT2D eigenvalue weighted by atomic mass is 9.81. The number of hydrogen-bond acceptors (Lipinski definition) is 5. The molecule has 0 unspecified atom stereocenters. The molecule has 2 bridgehead atoms. The second-order valence-electron chi connectivity index (χ2n) is 6.19. The van der Waals surface area contributed by atoms with Crippen molar-refractivity contribution >= 4 is 11.9 Å². The van der Waals surface area contributed by atoms with E-state index in [1.807, 2.05) is 6.07 Å². The summed E-state index contributed by atoms with van der Waals surface area (Å²) in [7, 11) is 0. The van der Waals surface area contributed by atoms with E-state index in [4.69, 9.17) is 4.74 Å². The highest BCUT2D eigenvalue weighted by atomic mass is 16.5. The van der Waals surface area contributed by atoms with Crippen molar-refractivity contribution in [2.24, 2.45) is 17.8 Å². The van der Waals surface area contributed by atoms with E-state index < -0.39 is 30.1 Å². The molecule has 0 saturated heterocycles. The fourth-order valence-electron chi connectivity index (χ4n) is 3.93. The van der Waals surface area contributed by atoms with Crippen LogP contribution in [-0.4, -0.2) is 46.9 Å². The van der Waals surface area contributed by atoms with Crippen molar-refractivity contribution in [3.63, 3.8) is 0 Å². The van der Waals surface area contributed by atoms with E-state index in [0.717, 1.165) is 0 Å². The number of benzene rings is 1. The SMILES string of the molecule is CCOC(=O)[C@H]1[C@H]2C[C@H]([C@H](O)[C@@H]2O)[C@H]1NC(=O)c1ccccc1. The number of carbonyl (C=O) groups excluding carboxylic acids is 2. The maximum Gasteiger partial charge on any atom is 0.311 e. The van der Waals surface area contributed by atoms with E-state index in [1.165, 1.54) is 0 Å². The molecule has 0 spiro atoms. The molecule has 0 aliphatic heterocycles. The van der Waals surface area contributed by atoms with Gasteiger partial charge in [0.05, 0.1) is 24.7 Å². The van der Waals surface area contributed by atoms with Gasteiger partial charge in [-0.2, -0.15) is 0 Å². The van der Waals surface area contributed by atoms with Crippen LogP contribution in [-0.2, 0) is 9.53 Å². The van der Waals surface area contributed by atoms with E-state index in [-0.39, 0.29) is 24.3 Å². The number of aliphatic hydroxyl groups excluding tert-OH is 2. The van der Waals surface area contributed by atoms with Gasteiger partial charge in [-0.3, -0.25) is 9.59 Å². The topological polar surface area (TPSA) is 95.9 Å². The molecule has 6 atom stereocenters. The molecule has 23 heavy (non-hydrogen) atoms. The third-order valence-corrected chi connectivity index (χ3v) is 4.97. The Hall–Kier alpha value is -1.92. The van der Waals surface area contributed by atoms with Crippen molar-refractivity contribution in [2.45, 2.75) is 31.6 Å². The Bertz CT molecular complexity index is 590. The number of carbonyl (C=O) groups is 2. The Morgan fingerprint density at radius 1 is 1.17 bits per heavy atom. The quantitative estimate of drug-likeness (QED) is 0.695. The van der Waals surface area contributed by atoms with Gasteiger partial charge in [0, 0.05) is 23.4 Å². The number of aliphatic hydroxyl groups is 2. The molecule has 6 nitrogen and oxygen atoms in total. The number of ether oxygens (including phenoxy) is 1. The standard InChI is InChI=1S/C17H21NO5/c1-2-23-17(22)12-10-8-11(15(20)14(10)19)13(12)18-16(21)9-6-4-3-5-7-9/h3-7,10-15,19-20H,2,8H2,1H3,(H,18,21)/t10-,11+,12+,13-,14-,15+/m1/s1. The van der Waals surface area contributed by atoms with E-state index in [0.29, 0.717) is 12.0 Å². The number of rotatable bonds is 4. The maximum absolute atomic E-state index is 12.4. The molecule has 0 radical (unpaired) electrons. The molecule has 3 rings (SSSR count). The summed E-state index contributed by atoms with van der Waals surface area (Å²) in [6.07, 6.45) is -1.36. The average Bonchev–Trinajstić information content (AvgIpc) is 3.05. The highest BCUT2D eigenvalue weighted by Crippen LogP contribution is 2.49. The maximum atomic E-state index is 12.4. The van der Waals surface area contributed by atoms with Crippen LogP contribution in [0.1, 0.15) is 23.7 Å². The zero-order chi connectivity index (χ0) is 16.6. The number of nitrogens with one attached hydrogen (secondary N) is 1. The van der Waals surface area contributed by atoms with Crippen LogP contribution in [0.15, 0.2) is 30.3 Å². The van der Waals surface area contributed by atoms with Crippen LogP contribution in [0.3, 0.4) is 0 Å². The minimum Gasteiger partial charge on any atom is -0.466 e. The van der Waals surface area contributed by atoms with Gasteiger partial charge in [-0.25, -0.2) is 0 Å². The van der Waals surface area contributed by atoms with Gasteiger partial charge < -0.3 is 20.3 Å². The van der Waals surface area contributed by atoms with Crippen molar-refractivity contribution < 1.29 is 24.5 Å². The molecule has 1 aromatic rings.